The van der Waals surface area contributed by atoms with E-state index in [9.17, 15) is 0 Å². The first-order valence-corrected chi connectivity index (χ1v) is 8.95. The first-order valence-electron chi connectivity index (χ1n) is 8.95. The van der Waals surface area contributed by atoms with Crippen LogP contribution in [0.3, 0.4) is 0 Å². The highest BCUT2D eigenvalue weighted by molar-refractivity contribution is 6.14. The Morgan fingerprint density at radius 3 is 2.11 bits per heavy atom. The summed E-state index contributed by atoms with van der Waals surface area (Å²) in [5.74, 6) is 1.50. The molecule has 0 atom stereocenters. The van der Waals surface area contributed by atoms with E-state index in [-0.39, 0.29) is 0 Å². The van der Waals surface area contributed by atoms with Gasteiger partial charge in [-0.25, -0.2) is 4.99 Å². The van der Waals surface area contributed by atoms with Crippen molar-refractivity contribution in [2.75, 3.05) is 52.8 Å². The fourth-order valence-corrected chi connectivity index (χ4v) is 2.27. The van der Waals surface area contributed by atoms with Crippen molar-refractivity contribution in [1.82, 2.24) is 5.43 Å². The summed E-state index contributed by atoms with van der Waals surface area (Å²) in [7, 11) is 0. The van der Waals surface area contributed by atoms with E-state index in [1.165, 1.54) is 0 Å². The summed E-state index contributed by atoms with van der Waals surface area (Å²) in [6.07, 6.45) is 0. The standard InChI is InChI=1S/C19H28N4O4/c1-15-19(23-22-16(2)21-15)17-3-5-18(6-4-17)27-14-13-26-12-11-25-10-9-24-8-7-20/h3-6H,1,7-14,20H2,2H3,(H,21,22). The third-order valence-corrected chi connectivity index (χ3v) is 3.54. The molecule has 0 bridgehead atoms. The molecule has 1 aliphatic rings. The number of rotatable bonds is 13. The molecule has 0 radical (unpaired) electrons. The van der Waals surface area contributed by atoms with Crippen LogP contribution in [0.1, 0.15) is 12.5 Å². The monoisotopic (exact) mass is 376 g/mol. The van der Waals surface area contributed by atoms with Crippen LogP contribution in [-0.2, 0) is 14.2 Å². The Balaban J connectivity index is 1.56. The smallest absolute Gasteiger partial charge is 0.119 e. The van der Waals surface area contributed by atoms with E-state index in [1.54, 1.807) is 0 Å². The molecule has 0 saturated heterocycles. The van der Waals surface area contributed by atoms with Crippen LogP contribution in [0.25, 0.3) is 0 Å². The van der Waals surface area contributed by atoms with Crippen LogP contribution in [0.15, 0.2) is 46.6 Å². The molecular weight excluding hydrogens is 348 g/mol. The number of nitrogens with two attached hydrogens (primary N) is 1. The Labute approximate surface area is 160 Å². The van der Waals surface area contributed by atoms with Gasteiger partial charge in [0.05, 0.1) is 45.3 Å². The SMILES string of the molecule is C=C1N=C(C)NN=C1c1ccc(OCCOCCOCCOCCN)cc1. The summed E-state index contributed by atoms with van der Waals surface area (Å²) < 4.78 is 21.7. The molecule has 2 rings (SSSR count). The molecule has 0 amide bonds. The van der Waals surface area contributed by atoms with Gasteiger partial charge in [-0.2, -0.15) is 5.10 Å². The lowest BCUT2D eigenvalue weighted by molar-refractivity contribution is 0.0106. The van der Waals surface area contributed by atoms with E-state index in [0.29, 0.717) is 58.5 Å². The average molecular weight is 376 g/mol. The van der Waals surface area contributed by atoms with Gasteiger partial charge in [0, 0.05) is 12.1 Å². The van der Waals surface area contributed by atoms with E-state index in [4.69, 9.17) is 24.7 Å². The molecular formula is C19H28N4O4. The van der Waals surface area contributed by atoms with E-state index in [1.807, 2.05) is 31.2 Å². The fourth-order valence-electron chi connectivity index (χ4n) is 2.27. The zero-order valence-corrected chi connectivity index (χ0v) is 15.8. The highest BCUT2D eigenvalue weighted by atomic mass is 16.6. The Kier molecular flexibility index (Phi) is 9.50. The Morgan fingerprint density at radius 2 is 1.52 bits per heavy atom. The van der Waals surface area contributed by atoms with E-state index >= 15 is 0 Å². The lowest BCUT2D eigenvalue weighted by Gasteiger charge is -2.13. The topological polar surface area (TPSA) is 99.7 Å². The van der Waals surface area contributed by atoms with Gasteiger partial charge < -0.3 is 24.7 Å². The van der Waals surface area contributed by atoms with Crippen molar-refractivity contribution in [3.63, 3.8) is 0 Å². The van der Waals surface area contributed by atoms with Crippen molar-refractivity contribution in [1.29, 1.82) is 0 Å². The van der Waals surface area contributed by atoms with Crippen LogP contribution in [0.5, 0.6) is 5.75 Å². The molecule has 3 N–H and O–H groups in total. The zero-order valence-electron chi connectivity index (χ0n) is 15.8. The minimum absolute atomic E-state index is 0.470. The molecule has 0 spiro atoms. The molecule has 148 valence electrons. The lowest BCUT2D eigenvalue weighted by Crippen LogP contribution is -2.23. The second-order valence-corrected chi connectivity index (χ2v) is 5.71. The largest absolute Gasteiger partial charge is 0.491 e. The number of nitrogens with one attached hydrogen (secondary N) is 1. The van der Waals surface area contributed by atoms with Gasteiger partial charge in [0.1, 0.15) is 23.9 Å². The molecule has 0 fully saturated rings. The van der Waals surface area contributed by atoms with Crippen LogP contribution < -0.4 is 15.9 Å². The minimum atomic E-state index is 0.470. The number of nitrogens with zero attached hydrogens (tertiary/aromatic N) is 2. The number of hydrogen-bond donors (Lipinski definition) is 2. The van der Waals surface area contributed by atoms with E-state index < -0.39 is 0 Å². The van der Waals surface area contributed by atoms with E-state index in [0.717, 1.165) is 22.9 Å². The summed E-state index contributed by atoms with van der Waals surface area (Å²) in [6.45, 7) is 9.98. The van der Waals surface area contributed by atoms with Crippen molar-refractivity contribution < 1.29 is 18.9 Å². The van der Waals surface area contributed by atoms with Crippen molar-refractivity contribution in [2.45, 2.75) is 6.92 Å². The Bertz CT molecular complexity index is 644. The Morgan fingerprint density at radius 1 is 0.926 bits per heavy atom. The number of hydrogen-bond acceptors (Lipinski definition) is 8. The van der Waals surface area contributed by atoms with Crippen molar-refractivity contribution >= 4 is 11.5 Å². The Hall–Kier alpha value is -2.26. The average Bonchev–Trinajstić information content (AvgIpc) is 2.67. The van der Waals surface area contributed by atoms with E-state index in [2.05, 4.69) is 22.1 Å². The molecule has 0 aliphatic carbocycles. The van der Waals surface area contributed by atoms with Crippen molar-refractivity contribution in [3.05, 3.63) is 42.1 Å². The normalized spacial score (nSPS) is 13.8. The van der Waals surface area contributed by atoms with Gasteiger partial charge in [-0.3, -0.25) is 5.43 Å². The molecule has 1 heterocycles. The van der Waals surface area contributed by atoms with Gasteiger partial charge in [0.15, 0.2) is 0 Å². The molecule has 1 aliphatic heterocycles. The predicted octanol–water partition coefficient (Wildman–Crippen LogP) is 1.31. The van der Waals surface area contributed by atoms with Gasteiger partial charge >= 0.3 is 0 Å². The highest BCUT2D eigenvalue weighted by Crippen LogP contribution is 2.17. The number of benzene rings is 1. The minimum Gasteiger partial charge on any atom is -0.491 e. The second-order valence-electron chi connectivity index (χ2n) is 5.71. The summed E-state index contributed by atoms with van der Waals surface area (Å²) in [5.41, 5.74) is 10.5. The number of aliphatic imine (C=N–C) groups is 1. The number of amidine groups is 1. The maximum atomic E-state index is 5.66. The molecule has 27 heavy (non-hydrogen) atoms. The highest BCUT2D eigenvalue weighted by Gasteiger charge is 2.12. The number of hydrazone groups is 1. The molecule has 1 aromatic rings. The second kappa shape index (κ2) is 12.2. The summed E-state index contributed by atoms with van der Waals surface area (Å²) in [6, 6.07) is 7.64. The van der Waals surface area contributed by atoms with Crippen LogP contribution in [0.2, 0.25) is 0 Å². The number of ether oxygens (including phenoxy) is 4. The third kappa shape index (κ3) is 7.88. The summed E-state index contributed by atoms with van der Waals surface area (Å²) in [5, 5.41) is 4.27. The van der Waals surface area contributed by atoms with Crippen LogP contribution in [0.4, 0.5) is 0 Å². The quantitative estimate of drug-likeness (QED) is 0.504. The first kappa shape index (κ1) is 21.0. The number of allylic oxidation sites excluding steroid dienone is 1. The van der Waals surface area contributed by atoms with Gasteiger partial charge in [0.2, 0.25) is 0 Å². The van der Waals surface area contributed by atoms with Gasteiger partial charge in [0.25, 0.3) is 0 Å². The molecule has 8 nitrogen and oxygen atoms in total. The van der Waals surface area contributed by atoms with Crippen LogP contribution in [0, 0.1) is 0 Å². The molecule has 8 heteroatoms. The fraction of sp³-hybridized carbons (Fsp3) is 0.474. The summed E-state index contributed by atoms with van der Waals surface area (Å²) >= 11 is 0. The zero-order chi connectivity index (χ0) is 19.3. The van der Waals surface area contributed by atoms with Crippen LogP contribution >= 0.6 is 0 Å². The van der Waals surface area contributed by atoms with Gasteiger partial charge in [-0.1, -0.05) is 6.58 Å². The molecule has 0 aromatic heterocycles. The van der Waals surface area contributed by atoms with Crippen LogP contribution in [-0.4, -0.2) is 64.3 Å². The molecule has 1 aromatic carbocycles. The predicted molar refractivity (Wildman–Crippen MR) is 105 cm³/mol. The molecule has 0 unspecified atom stereocenters. The van der Waals surface area contributed by atoms with Gasteiger partial charge in [-0.15, -0.1) is 0 Å². The van der Waals surface area contributed by atoms with Crippen molar-refractivity contribution in [2.24, 2.45) is 15.8 Å². The van der Waals surface area contributed by atoms with Crippen molar-refractivity contribution in [3.8, 4) is 5.75 Å². The maximum absolute atomic E-state index is 5.66. The molecule has 0 saturated carbocycles. The summed E-state index contributed by atoms with van der Waals surface area (Å²) in [4.78, 5) is 4.28. The maximum Gasteiger partial charge on any atom is 0.119 e. The lowest BCUT2D eigenvalue weighted by atomic mass is 10.1. The van der Waals surface area contributed by atoms with Gasteiger partial charge in [-0.05, 0) is 31.2 Å². The third-order valence-electron chi connectivity index (χ3n) is 3.54. The first-order chi connectivity index (χ1) is 13.2.